The van der Waals surface area contributed by atoms with Crippen LogP contribution in [-0.4, -0.2) is 21.1 Å². The van der Waals surface area contributed by atoms with Crippen LogP contribution >= 0.6 is 11.8 Å². The molecule has 1 atom stereocenters. The van der Waals surface area contributed by atoms with Crippen molar-refractivity contribution in [2.24, 2.45) is 10.8 Å². The van der Waals surface area contributed by atoms with Crippen LogP contribution in [0.4, 0.5) is 0 Å². The maximum Gasteiger partial charge on any atom is 0.135 e. The molecule has 0 saturated heterocycles. The van der Waals surface area contributed by atoms with Gasteiger partial charge in [0.05, 0.1) is 0 Å². The van der Waals surface area contributed by atoms with E-state index in [1.807, 2.05) is 39.5 Å². The SMILES string of the molecule is CCC(C)(CC(C)(C)C(C)=O)SC(C)(C)CC(C)(C)C(C)=O. The Morgan fingerprint density at radius 3 is 1.45 bits per heavy atom. The zero-order chi connectivity index (χ0) is 18.0. The predicted octanol–water partition coefficient (Wildman–Crippen LogP) is 5.68. The van der Waals surface area contributed by atoms with Crippen molar-refractivity contribution in [2.75, 3.05) is 0 Å². The molecule has 0 saturated carbocycles. The minimum absolute atomic E-state index is 0.00714. The van der Waals surface area contributed by atoms with Crippen molar-refractivity contribution < 1.29 is 9.59 Å². The normalized spacial score (nSPS) is 16.3. The van der Waals surface area contributed by atoms with E-state index in [2.05, 4.69) is 27.7 Å². The Balaban J connectivity index is 5.20. The molecule has 0 radical (unpaired) electrons. The van der Waals surface area contributed by atoms with E-state index in [1.165, 1.54) is 0 Å². The molecular formula is C19H36O2S. The molecule has 0 heterocycles. The summed E-state index contributed by atoms with van der Waals surface area (Å²) in [6.07, 6.45) is 2.72. The van der Waals surface area contributed by atoms with Crippen LogP contribution in [-0.2, 0) is 9.59 Å². The summed E-state index contributed by atoms with van der Waals surface area (Å²) in [5, 5.41) is 0. The van der Waals surface area contributed by atoms with Crippen molar-refractivity contribution in [2.45, 2.75) is 98.0 Å². The molecule has 0 fully saturated rings. The Kier molecular flexibility index (Phi) is 6.97. The Morgan fingerprint density at radius 2 is 1.14 bits per heavy atom. The zero-order valence-corrected chi connectivity index (χ0v) is 17.2. The third-order valence-corrected chi connectivity index (χ3v) is 6.48. The second-order valence-electron chi connectivity index (χ2n) is 8.90. The van der Waals surface area contributed by atoms with Gasteiger partial charge in [0.2, 0.25) is 0 Å². The Labute approximate surface area is 142 Å². The number of rotatable bonds is 9. The second-order valence-corrected chi connectivity index (χ2v) is 11.2. The number of hydrogen-bond acceptors (Lipinski definition) is 3. The highest BCUT2D eigenvalue weighted by atomic mass is 32.2. The Morgan fingerprint density at radius 1 is 0.773 bits per heavy atom. The van der Waals surface area contributed by atoms with Crippen molar-refractivity contribution in [3.05, 3.63) is 0 Å². The first-order valence-electron chi connectivity index (χ1n) is 8.29. The van der Waals surface area contributed by atoms with E-state index >= 15 is 0 Å². The fourth-order valence-electron chi connectivity index (χ4n) is 3.18. The summed E-state index contributed by atoms with van der Waals surface area (Å²) in [6, 6.07) is 0. The summed E-state index contributed by atoms with van der Waals surface area (Å²) in [5.41, 5.74) is -0.606. The van der Waals surface area contributed by atoms with Crippen LogP contribution in [0.5, 0.6) is 0 Å². The summed E-state index contributed by atoms with van der Waals surface area (Å²) in [7, 11) is 0. The number of carbonyl (C=O) groups is 2. The van der Waals surface area contributed by atoms with Gasteiger partial charge in [0.25, 0.3) is 0 Å². The minimum atomic E-state index is -0.304. The van der Waals surface area contributed by atoms with Gasteiger partial charge in [-0.1, -0.05) is 55.4 Å². The molecule has 0 aliphatic rings. The largest absolute Gasteiger partial charge is 0.299 e. The number of hydrogen-bond donors (Lipinski definition) is 0. The molecule has 0 aromatic rings. The standard InChI is InChI=1S/C19H36O2S/c1-11-19(10,13-17(6,7)15(3)21)22-18(8,9)12-16(4,5)14(2)20/h11-13H2,1-10H3. The van der Waals surface area contributed by atoms with Crippen LogP contribution < -0.4 is 0 Å². The zero-order valence-electron chi connectivity index (χ0n) is 16.3. The van der Waals surface area contributed by atoms with Crippen LogP contribution in [0.1, 0.15) is 88.5 Å². The third-order valence-electron chi connectivity index (χ3n) is 4.86. The lowest BCUT2D eigenvalue weighted by atomic mass is 9.79. The van der Waals surface area contributed by atoms with Crippen molar-refractivity contribution in [1.29, 1.82) is 0 Å². The molecule has 3 heteroatoms. The first kappa shape index (κ1) is 21.7. The molecule has 2 nitrogen and oxygen atoms in total. The van der Waals surface area contributed by atoms with Gasteiger partial charge >= 0.3 is 0 Å². The highest BCUT2D eigenvalue weighted by Gasteiger charge is 2.41. The summed E-state index contributed by atoms with van der Waals surface area (Å²) in [5.74, 6) is 0.484. The molecule has 0 bridgehead atoms. The topological polar surface area (TPSA) is 34.1 Å². The summed E-state index contributed by atoms with van der Waals surface area (Å²) in [6.45, 7) is 20.4. The van der Waals surface area contributed by atoms with Crippen LogP contribution in [0.3, 0.4) is 0 Å². The van der Waals surface area contributed by atoms with E-state index in [9.17, 15) is 9.59 Å². The van der Waals surface area contributed by atoms with E-state index in [0.717, 1.165) is 19.3 Å². The van der Waals surface area contributed by atoms with E-state index < -0.39 is 0 Å². The summed E-state index contributed by atoms with van der Waals surface area (Å²) in [4.78, 5) is 23.7. The maximum atomic E-state index is 11.9. The van der Waals surface area contributed by atoms with Gasteiger partial charge in [-0.2, -0.15) is 0 Å². The maximum absolute atomic E-state index is 11.9. The summed E-state index contributed by atoms with van der Waals surface area (Å²) >= 11 is 1.93. The van der Waals surface area contributed by atoms with Crippen LogP contribution in [0, 0.1) is 10.8 Å². The van der Waals surface area contributed by atoms with Crippen LogP contribution in [0.25, 0.3) is 0 Å². The summed E-state index contributed by atoms with van der Waals surface area (Å²) < 4.78 is 0.0261. The smallest absolute Gasteiger partial charge is 0.135 e. The molecule has 0 aliphatic carbocycles. The highest BCUT2D eigenvalue weighted by Crippen LogP contribution is 2.49. The lowest BCUT2D eigenvalue weighted by Crippen LogP contribution is -2.38. The first-order chi connectivity index (χ1) is 9.57. The van der Waals surface area contributed by atoms with Crippen molar-refractivity contribution >= 4 is 23.3 Å². The molecule has 0 N–H and O–H groups in total. The molecule has 0 aromatic carbocycles. The van der Waals surface area contributed by atoms with Gasteiger partial charge in [0.15, 0.2) is 0 Å². The predicted molar refractivity (Wildman–Crippen MR) is 98.5 cm³/mol. The molecular weight excluding hydrogens is 292 g/mol. The van der Waals surface area contributed by atoms with Crippen molar-refractivity contribution in [3.63, 3.8) is 0 Å². The van der Waals surface area contributed by atoms with Gasteiger partial charge in [-0.15, -0.1) is 11.8 Å². The average Bonchev–Trinajstić information content (AvgIpc) is 2.25. The molecule has 130 valence electrons. The van der Waals surface area contributed by atoms with Gasteiger partial charge in [-0.25, -0.2) is 0 Å². The second kappa shape index (κ2) is 7.07. The van der Waals surface area contributed by atoms with Crippen LogP contribution in [0.15, 0.2) is 0 Å². The number of ketones is 2. The molecule has 0 aromatic heterocycles. The molecule has 0 amide bonds. The van der Waals surface area contributed by atoms with Gasteiger partial charge in [0, 0.05) is 20.3 Å². The molecule has 1 unspecified atom stereocenters. The lowest BCUT2D eigenvalue weighted by molar-refractivity contribution is -0.126. The fraction of sp³-hybridized carbons (Fsp3) is 0.895. The number of carbonyl (C=O) groups excluding carboxylic acids is 2. The number of thioether (sulfide) groups is 1. The van der Waals surface area contributed by atoms with Crippen LogP contribution in [0.2, 0.25) is 0 Å². The quantitative estimate of drug-likeness (QED) is 0.546. The van der Waals surface area contributed by atoms with E-state index in [0.29, 0.717) is 0 Å². The first-order valence-corrected chi connectivity index (χ1v) is 9.11. The average molecular weight is 329 g/mol. The van der Waals surface area contributed by atoms with Crippen molar-refractivity contribution in [1.82, 2.24) is 0 Å². The molecule has 0 spiro atoms. The van der Waals surface area contributed by atoms with Crippen molar-refractivity contribution in [3.8, 4) is 0 Å². The minimum Gasteiger partial charge on any atom is -0.299 e. The van der Waals surface area contributed by atoms with E-state index in [-0.39, 0.29) is 31.9 Å². The van der Waals surface area contributed by atoms with Gasteiger partial charge in [-0.3, -0.25) is 9.59 Å². The Hall–Kier alpha value is -0.310. The third kappa shape index (κ3) is 6.44. The lowest BCUT2D eigenvalue weighted by Gasteiger charge is -2.43. The monoisotopic (exact) mass is 328 g/mol. The highest BCUT2D eigenvalue weighted by molar-refractivity contribution is 8.01. The van der Waals surface area contributed by atoms with Gasteiger partial charge in [-0.05, 0) is 33.1 Å². The van der Waals surface area contributed by atoms with E-state index in [4.69, 9.17) is 0 Å². The molecule has 0 aliphatic heterocycles. The fourth-order valence-corrected chi connectivity index (χ4v) is 5.53. The number of Topliss-reactive ketones (excluding diaryl/α,β-unsaturated/α-hetero) is 2. The van der Waals surface area contributed by atoms with Gasteiger partial charge in [0.1, 0.15) is 11.6 Å². The van der Waals surface area contributed by atoms with Gasteiger partial charge < -0.3 is 0 Å². The Bertz CT molecular complexity index is 421. The molecule has 0 rings (SSSR count). The molecule has 22 heavy (non-hydrogen) atoms. The van der Waals surface area contributed by atoms with E-state index in [1.54, 1.807) is 13.8 Å².